The van der Waals surface area contributed by atoms with Gasteiger partial charge in [-0.15, -0.1) is 0 Å². The number of carbonyl (C=O) groups excluding carboxylic acids is 2. The molecule has 0 unspecified atom stereocenters. The Morgan fingerprint density at radius 2 is 0.818 bits per heavy atom. The minimum absolute atomic E-state index is 0.0220. The number of rotatable bonds is 8. The number of Topliss-reactive ketones (excluding diaryl/α,β-unsaturated/α-hetero) is 2. The highest BCUT2D eigenvalue weighted by atomic mass is 16.6. The normalized spacial score (nSPS) is 15.9. The predicted molar refractivity (Wildman–Crippen MR) is 212 cm³/mol. The highest BCUT2D eigenvalue weighted by Gasteiger charge is 2.35. The van der Waals surface area contributed by atoms with Crippen LogP contribution < -0.4 is 4.74 Å². The second kappa shape index (κ2) is 15.4. The second-order valence-electron chi connectivity index (χ2n) is 17.5. The summed E-state index contributed by atoms with van der Waals surface area (Å²) in [5.74, 6) is -0.543. The van der Waals surface area contributed by atoms with Gasteiger partial charge < -0.3 is 4.74 Å². The molecule has 0 aromatic heterocycles. The van der Waals surface area contributed by atoms with Crippen molar-refractivity contribution >= 4 is 34.3 Å². The molecule has 13 heteroatoms. The van der Waals surface area contributed by atoms with Crippen molar-refractivity contribution < 1.29 is 24.2 Å². The lowest BCUT2D eigenvalue weighted by molar-refractivity contribution is -0.387. The van der Waals surface area contributed by atoms with Crippen molar-refractivity contribution in [2.75, 3.05) is 0 Å². The molecule has 2 aromatic rings. The van der Waals surface area contributed by atoms with E-state index in [2.05, 4.69) is 20.5 Å². The zero-order valence-corrected chi connectivity index (χ0v) is 33.5. The zero-order chi connectivity index (χ0) is 41.3. The number of ketones is 2. The number of nitro benzene ring substituents is 2. The van der Waals surface area contributed by atoms with E-state index >= 15 is 0 Å². The molecule has 0 amide bonds. The maximum atomic E-state index is 13.2. The highest BCUT2D eigenvalue weighted by molar-refractivity contribution is 6.12. The van der Waals surface area contributed by atoms with E-state index in [1.54, 1.807) is 24.3 Å². The van der Waals surface area contributed by atoms with E-state index in [9.17, 15) is 29.8 Å². The lowest BCUT2D eigenvalue weighted by atomic mass is 9.72. The van der Waals surface area contributed by atoms with Gasteiger partial charge in [-0.3, -0.25) is 29.8 Å². The molecule has 0 fully saturated rings. The largest absolute Gasteiger partial charge is 0.443 e. The molecule has 0 saturated carbocycles. The van der Waals surface area contributed by atoms with Gasteiger partial charge in [0.05, 0.1) is 33.6 Å². The Kier molecular flexibility index (Phi) is 11.7. The maximum absolute atomic E-state index is 13.2. The molecule has 55 heavy (non-hydrogen) atoms. The summed E-state index contributed by atoms with van der Waals surface area (Å²) in [4.78, 5) is 49.2. The first-order valence-electron chi connectivity index (χ1n) is 17.7. The van der Waals surface area contributed by atoms with E-state index < -0.39 is 42.9 Å². The van der Waals surface area contributed by atoms with Crippen molar-refractivity contribution in [1.82, 2.24) is 0 Å². The molecule has 4 rings (SSSR count). The summed E-state index contributed by atoms with van der Waals surface area (Å²) in [5, 5.41) is 40.7. The smallest absolute Gasteiger partial charge is 0.313 e. The Bertz CT molecular complexity index is 1980. The van der Waals surface area contributed by atoms with Crippen molar-refractivity contribution in [2.45, 2.75) is 83.1 Å². The van der Waals surface area contributed by atoms with Crippen molar-refractivity contribution in [1.29, 1.82) is 0 Å². The first-order valence-corrected chi connectivity index (χ1v) is 17.7. The lowest BCUT2D eigenvalue weighted by Crippen LogP contribution is -2.27. The minimum atomic E-state index is -0.684. The number of ether oxygens (including phenoxy) is 1. The Morgan fingerprint density at radius 3 is 1.07 bits per heavy atom. The molecular formula is C42H48N6O7. The number of nitrogens with zero attached hydrogens (tertiary/aromatic N) is 6. The molecule has 2 aliphatic rings. The van der Waals surface area contributed by atoms with E-state index in [0.717, 1.165) is 12.1 Å². The SMILES string of the molecule is CC(C)(C)C1=CC(=CN=Nc2ccc(Oc3ccc(N=NC=C4C=C(C(C)(C)C)C(=O)C(C(C)(C)C)=C4)cc3[N+](=O)[O-])c([N+](=O)[O-])c2)C=C(C(C)(C)C)C1=O. The predicted octanol–water partition coefficient (Wildman–Crippen LogP) is 12.3. The van der Waals surface area contributed by atoms with Crippen LogP contribution in [0.1, 0.15) is 83.1 Å². The summed E-state index contributed by atoms with van der Waals surface area (Å²) < 4.78 is 5.72. The van der Waals surface area contributed by atoms with Crippen LogP contribution in [-0.4, -0.2) is 21.4 Å². The molecule has 0 aliphatic heterocycles. The Balaban J connectivity index is 1.61. The summed E-state index contributed by atoms with van der Waals surface area (Å²) in [6, 6.07) is 7.72. The van der Waals surface area contributed by atoms with E-state index in [1.807, 2.05) is 83.1 Å². The average molecular weight is 749 g/mol. The summed E-state index contributed by atoms with van der Waals surface area (Å²) in [6.45, 7) is 23.5. The Morgan fingerprint density at radius 1 is 0.527 bits per heavy atom. The summed E-state index contributed by atoms with van der Waals surface area (Å²) in [7, 11) is 0. The molecule has 13 nitrogen and oxygen atoms in total. The van der Waals surface area contributed by atoms with E-state index in [-0.39, 0.29) is 34.4 Å². The van der Waals surface area contributed by atoms with Crippen molar-refractivity contribution in [3.8, 4) is 11.5 Å². The van der Waals surface area contributed by atoms with Gasteiger partial charge in [0, 0.05) is 34.4 Å². The van der Waals surface area contributed by atoms with Crippen LogP contribution in [0.3, 0.4) is 0 Å². The first-order chi connectivity index (χ1) is 25.3. The molecule has 0 N–H and O–H groups in total. The van der Waals surface area contributed by atoms with Crippen molar-refractivity contribution in [3.63, 3.8) is 0 Å². The molecule has 2 aliphatic carbocycles. The minimum Gasteiger partial charge on any atom is -0.443 e. The third-order valence-corrected chi connectivity index (χ3v) is 8.71. The first kappa shape index (κ1) is 41.8. The molecule has 2 aromatic carbocycles. The fraction of sp³-hybridized carbons (Fsp3) is 0.381. The molecule has 0 heterocycles. The number of benzene rings is 2. The van der Waals surface area contributed by atoms with Gasteiger partial charge in [0.2, 0.25) is 11.5 Å². The molecule has 0 spiro atoms. The monoisotopic (exact) mass is 748 g/mol. The van der Waals surface area contributed by atoms with Crippen LogP contribution in [0.2, 0.25) is 0 Å². The van der Waals surface area contributed by atoms with E-state index in [4.69, 9.17) is 4.74 Å². The number of carbonyl (C=O) groups is 2. The summed E-state index contributed by atoms with van der Waals surface area (Å²) in [5.41, 5.74) is 1.52. The fourth-order valence-electron chi connectivity index (χ4n) is 5.72. The Hall–Kier alpha value is -5.98. The third kappa shape index (κ3) is 10.2. The molecular weight excluding hydrogens is 700 g/mol. The van der Waals surface area contributed by atoms with Gasteiger partial charge in [0.15, 0.2) is 11.6 Å². The van der Waals surface area contributed by atoms with E-state index in [1.165, 1.54) is 36.7 Å². The maximum Gasteiger partial charge on any atom is 0.313 e. The van der Waals surface area contributed by atoms with Crippen LogP contribution in [0.4, 0.5) is 22.7 Å². The zero-order valence-electron chi connectivity index (χ0n) is 33.5. The van der Waals surface area contributed by atoms with Gasteiger partial charge in [-0.2, -0.15) is 20.5 Å². The second-order valence-corrected chi connectivity index (χ2v) is 17.5. The topological polar surface area (TPSA) is 179 Å². The molecule has 0 atom stereocenters. The molecule has 0 radical (unpaired) electrons. The number of nitro groups is 2. The van der Waals surface area contributed by atoms with Crippen LogP contribution in [0.5, 0.6) is 11.5 Å². The van der Waals surface area contributed by atoms with Crippen LogP contribution in [-0.2, 0) is 9.59 Å². The molecule has 288 valence electrons. The quantitative estimate of drug-likeness (QED) is 0.146. The van der Waals surface area contributed by atoms with Gasteiger partial charge in [0.1, 0.15) is 0 Å². The molecule has 0 bridgehead atoms. The van der Waals surface area contributed by atoms with Gasteiger partial charge in [-0.1, -0.05) is 83.1 Å². The standard InChI is InChI=1S/C42H48N6O7/c1-39(2,3)29-17-25(18-30(37(29)49)40(4,5)6)23-43-45-27-13-15-35(33(21-27)47(51)52)55-36-16-14-28(22-34(36)48(53)54)46-44-24-26-19-31(41(7,8)9)38(50)32(20-26)42(10,11)12/h13-24H,1-12H3. The van der Waals surface area contributed by atoms with Gasteiger partial charge in [-0.05, 0) is 81.4 Å². The summed E-state index contributed by atoms with van der Waals surface area (Å²) in [6.07, 6.45) is 10.0. The van der Waals surface area contributed by atoms with E-state index in [0.29, 0.717) is 33.4 Å². The van der Waals surface area contributed by atoms with Crippen molar-refractivity contribution in [2.24, 2.45) is 42.1 Å². The van der Waals surface area contributed by atoms with Crippen LogP contribution in [0, 0.1) is 41.9 Å². The Labute approximate surface area is 321 Å². The number of hydrogen-bond donors (Lipinski definition) is 0. The third-order valence-electron chi connectivity index (χ3n) is 8.71. The lowest BCUT2D eigenvalue weighted by Gasteiger charge is -2.31. The van der Waals surface area contributed by atoms with Gasteiger partial charge in [-0.25, -0.2) is 0 Å². The highest BCUT2D eigenvalue weighted by Crippen LogP contribution is 2.42. The van der Waals surface area contributed by atoms with Crippen molar-refractivity contribution in [3.05, 3.63) is 127 Å². The fourth-order valence-corrected chi connectivity index (χ4v) is 5.72. The van der Waals surface area contributed by atoms with Gasteiger partial charge >= 0.3 is 11.4 Å². The number of hydrogen-bond acceptors (Lipinski definition) is 11. The van der Waals surface area contributed by atoms with Gasteiger partial charge in [0.25, 0.3) is 0 Å². The molecule has 0 saturated heterocycles. The summed E-state index contributed by atoms with van der Waals surface area (Å²) >= 11 is 0. The number of allylic oxidation sites excluding steroid dienone is 10. The average Bonchev–Trinajstić information content (AvgIpc) is 3.04. The number of azo groups is 2. The van der Waals surface area contributed by atoms with Crippen LogP contribution in [0.15, 0.2) is 127 Å². The van der Waals surface area contributed by atoms with Crippen LogP contribution in [0.25, 0.3) is 0 Å². The van der Waals surface area contributed by atoms with Crippen LogP contribution >= 0.6 is 0 Å².